The lowest BCUT2D eigenvalue weighted by molar-refractivity contribution is 0.262. The van der Waals surface area contributed by atoms with E-state index in [0.717, 1.165) is 18.7 Å². The zero-order valence-corrected chi connectivity index (χ0v) is 7.79. The fourth-order valence-electron chi connectivity index (χ4n) is 1.10. The van der Waals surface area contributed by atoms with E-state index in [1.54, 1.807) is 7.11 Å². The molecule has 0 heterocycles. The third-order valence-electron chi connectivity index (χ3n) is 1.86. The van der Waals surface area contributed by atoms with Gasteiger partial charge in [0.15, 0.2) is 0 Å². The van der Waals surface area contributed by atoms with Crippen LogP contribution in [0.1, 0.15) is 5.56 Å². The van der Waals surface area contributed by atoms with Gasteiger partial charge in [0, 0.05) is 6.54 Å². The molecule has 1 rings (SSSR count). The van der Waals surface area contributed by atoms with Gasteiger partial charge in [-0.1, -0.05) is 12.1 Å². The summed E-state index contributed by atoms with van der Waals surface area (Å²) >= 11 is 0. The van der Waals surface area contributed by atoms with Gasteiger partial charge in [-0.15, -0.1) is 0 Å². The zero-order valence-electron chi connectivity index (χ0n) is 7.79. The maximum atomic E-state index is 8.50. The molecule has 0 aromatic heterocycles. The summed E-state index contributed by atoms with van der Waals surface area (Å²) < 4.78 is 5.04. The first-order valence-electron chi connectivity index (χ1n) is 4.31. The highest BCUT2D eigenvalue weighted by Gasteiger charge is 1.93. The van der Waals surface area contributed by atoms with E-state index in [9.17, 15) is 0 Å². The molecule has 3 heteroatoms. The van der Waals surface area contributed by atoms with Gasteiger partial charge in [0.25, 0.3) is 0 Å². The van der Waals surface area contributed by atoms with E-state index in [4.69, 9.17) is 9.84 Å². The van der Waals surface area contributed by atoms with Gasteiger partial charge < -0.3 is 9.84 Å². The Kier molecular flexibility index (Phi) is 4.29. The number of rotatable bonds is 5. The predicted octanol–water partition coefficient (Wildman–Crippen LogP) is 0.777. The maximum Gasteiger partial charge on any atom is 0.118 e. The lowest BCUT2D eigenvalue weighted by atomic mass is 10.1. The molecule has 72 valence electrons. The molecule has 0 aliphatic carbocycles. The average Bonchev–Trinajstić information content (AvgIpc) is 2.19. The third-order valence-corrected chi connectivity index (χ3v) is 1.86. The minimum absolute atomic E-state index is 0.0379. The Hall–Kier alpha value is -1.06. The van der Waals surface area contributed by atoms with Crippen molar-refractivity contribution < 1.29 is 9.84 Å². The number of aliphatic hydroxyl groups is 1. The summed E-state index contributed by atoms with van der Waals surface area (Å²) in [5.41, 5.74) is 1.24. The number of hydrogen-bond acceptors (Lipinski definition) is 3. The fourth-order valence-corrected chi connectivity index (χ4v) is 1.10. The van der Waals surface area contributed by atoms with E-state index in [-0.39, 0.29) is 6.73 Å². The third kappa shape index (κ3) is 3.44. The topological polar surface area (TPSA) is 41.5 Å². The molecule has 0 radical (unpaired) electrons. The van der Waals surface area contributed by atoms with Crippen molar-refractivity contribution >= 4 is 0 Å². The Morgan fingerprint density at radius 1 is 1.31 bits per heavy atom. The predicted molar refractivity (Wildman–Crippen MR) is 51.8 cm³/mol. The van der Waals surface area contributed by atoms with Crippen LogP contribution in [0.3, 0.4) is 0 Å². The molecule has 13 heavy (non-hydrogen) atoms. The largest absolute Gasteiger partial charge is 0.497 e. The highest BCUT2D eigenvalue weighted by atomic mass is 16.5. The van der Waals surface area contributed by atoms with Crippen LogP contribution >= 0.6 is 0 Å². The highest BCUT2D eigenvalue weighted by molar-refractivity contribution is 5.27. The van der Waals surface area contributed by atoms with Crippen LogP contribution in [0.2, 0.25) is 0 Å². The van der Waals surface area contributed by atoms with Gasteiger partial charge in [-0.3, -0.25) is 5.32 Å². The zero-order chi connectivity index (χ0) is 9.52. The van der Waals surface area contributed by atoms with E-state index in [1.807, 2.05) is 24.3 Å². The molecule has 0 atom stereocenters. The van der Waals surface area contributed by atoms with E-state index < -0.39 is 0 Å². The van der Waals surface area contributed by atoms with Crippen molar-refractivity contribution in [1.82, 2.24) is 5.32 Å². The second kappa shape index (κ2) is 5.56. The van der Waals surface area contributed by atoms with E-state index in [1.165, 1.54) is 5.56 Å². The molecular weight excluding hydrogens is 166 g/mol. The summed E-state index contributed by atoms with van der Waals surface area (Å²) in [5, 5.41) is 11.3. The molecule has 0 unspecified atom stereocenters. The van der Waals surface area contributed by atoms with E-state index >= 15 is 0 Å². The standard InChI is InChI=1S/C10H15NO2/c1-13-10-4-2-9(3-5-10)6-7-11-8-12/h2-5,11-12H,6-8H2,1H3. The number of aliphatic hydroxyl groups excluding tert-OH is 1. The molecule has 0 saturated heterocycles. The van der Waals surface area contributed by atoms with Crippen LogP contribution in [0.25, 0.3) is 0 Å². The van der Waals surface area contributed by atoms with Crippen LogP contribution in [-0.4, -0.2) is 25.5 Å². The van der Waals surface area contributed by atoms with Gasteiger partial charge >= 0.3 is 0 Å². The molecule has 2 N–H and O–H groups in total. The summed E-state index contributed by atoms with van der Waals surface area (Å²) in [6.45, 7) is 0.832. The van der Waals surface area contributed by atoms with Crippen molar-refractivity contribution in [1.29, 1.82) is 0 Å². The van der Waals surface area contributed by atoms with E-state index in [2.05, 4.69) is 5.32 Å². The molecule has 0 bridgehead atoms. The van der Waals surface area contributed by atoms with Gasteiger partial charge in [-0.25, -0.2) is 0 Å². The summed E-state index contributed by atoms with van der Waals surface area (Å²) in [7, 11) is 1.66. The van der Waals surface area contributed by atoms with Gasteiger partial charge in [0.1, 0.15) is 5.75 Å². The Morgan fingerprint density at radius 2 is 2.00 bits per heavy atom. The van der Waals surface area contributed by atoms with Crippen molar-refractivity contribution in [3.8, 4) is 5.75 Å². The van der Waals surface area contributed by atoms with Crippen LogP contribution in [0.5, 0.6) is 5.75 Å². The van der Waals surface area contributed by atoms with Gasteiger partial charge in [0.2, 0.25) is 0 Å². The lowest BCUT2D eigenvalue weighted by Crippen LogP contribution is -2.17. The van der Waals surface area contributed by atoms with Gasteiger partial charge in [-0.05, 0) is 24.1 Å². The molecular formula is C10H15NO2. The summed E-state index contributed by atoms with van der Waals surface area (Å²) in [5.74, 6) is 0.874. The van der Waals surface area contributed by atoms with Crippen molar-refractivity contribution in [3.05, 3.63) is 29.8 Å². The second-order valence-corrected chi connectivity index (χ2v) is 2.76. The molecule has 0 aliphatic rings. The quantitative estimate of drug-likeness (QED) is 0.521. The number of nitrogens with one attached hydrogen (secondary N) is 1. The Morgan fingerprint density at radius 3 is 2.54 bits per heavy atom. The van der Waals surface area contributed by atoms with Crippen LogP contribution in [-0.2, 0) is 6.42 Å². The molecule has 0 saturated carbocycles. The average molecular weight is 181 g/mol. The van der Waals surface area contributed by atoms with Crippen LogP contribution in [0.4, 0.5) is 0 Å². The Labute approximate surface area is 78.3 Å². The lowest BCUT2D eigenvalue weighted by Gasteiger charge is -2.03. The Balaban J connectivity index is 2.40. The molecule has 0 fully saturated rings. The number of benzene rings is 1. The SMILES string of the molecule is COc1ccc(CCNCO)cc1. The molecule has 0 aliphatic heterocycles. The number of ether oxygens (including phenoxy) is 1. The van der Waals surface area contributed by atoms with Crippen molar-refractivity contribution in [3.63, 3.8) is 0 Å². The van der Waals surface area contributed by atoms with Crippen molar-refractivity contribution in [2.75, 3.05) is 20.4 Å². The number of hydrogen-bond donors (Lipinski definition) is 2. The first kappa shape index (κ1) is 10.0. The minimum atomic E-state index is 0.0379. The second-order valence-electron chi connectivity index (χ2n) is 2.76. The molecule has 1 aromatic carbocycles. The molecule has 0 spiro atoms. The highest BCUT2D eigenvalue weighted by Crippen LogP contribution is 2.11. The minimum Gasteiger partial charge on any atom is -0.497 e. The summed E-state index contributed by atoms with van der Waals surface area (Å²) in [4.78, 5) is 0. The molecule has 0 amide bonds. The normalized spacial score (nSPS) is 10.0. The summed E-state index contributed by atoms with van der Waals surface area (Å²) in [6, 6.07) is 7.93. The smallest absolute Gasteiger partial charge is 0.118 e. The van der Waals surface area contributed by atoms with Gasteiger partial charge in [-0.2, -0.15) is 0 Å². The van der Waals surface area contributed by atoms with Crippen molar-refractivity contribution in [2.24, 2.45) is 0 Å². The molecule has 3 nitrogen and oxygen atoms in total. The van der Waals surface area contributed by atoms with Crippen LogP contribution in [0.15, 0.2) is 24.3 Å². The first-order chi connectivity index (χ1) is 6.36. The molecule has 1 aromatic rings. The Bertz CT molecular complexity index is 233. The van der Waals surface area contributed by atoms with E-state index in [0.29, 0.717) is 0 Å². The first-order valence-corrected chi connectivity index (χ1v) is 4.31. The van der Waals surface area contributed by atoms with Crippen LogP contribution in [0, 0.1) is 0 Å². The summed E-state index contributed by atoms with van der Waals surface area (Å²) in [6.07, 6.45) is 0.921. The fraction of sp³-hybridized carbons (Fsp3) is 0.400. The number of methoxy groups -OCH3 is 1. The van der Waals surface area contributed by atoms with Crippen LogP contribution < -0.4 is 10.1 Å². The maximum absolute atomic E-state index is 8.50. The van der Waals surface area contributed by atoms with Gasteiger partial charge in [0.05, 0.1) is 13.8 Å². The monoisotopic (exact) mass is 181 g/mol. The van der Waals surface area contributed by atoms with Crippen molar-refractivity contribution in [2.45, 2.75) is 6.42 Å².